The molecule has 1 fully saturated rings. The maximum Gasteiger partial charge on any atom is 0.245 e. The van der Waals surface area contributed by atoms with Crippen molar-refractivity contribution in [2.24, 2.45) is 5.92 Å². The Balaban J connectivity index is 2.21. The van der Waals surface area contributed by atoms with E-state index in [9.17, 15) is 13.2 Å². The van der Waals surface area contributed by atoms with E-state index in [1.807, 2.05) is 32.6 Å². The third-order valence-electron chi connectivity index (χ3n) is 4.68. The largest absolute Gasteiger partial charge is 0.359 e. The molecule has 1 saturated heterocycles. The number of nitrogens with one attached hydrogen (secondary N) is 1. The summed E-state index contributed by atoms with van der Waals surface area (Å²) < 4.78 is 27.3. The average molecular weight is 383 g/mol. The fraction of sp³-hybridized carbons (Fsp3) is 0.667. The first kappa shape index (κ1) is 20.6. The van der Waals surface area contributed by atoms with Crippen LogP contribution in [0, 0.1) is 5.92 Å². The minimum atomic E-state index is -3.59. The van der Waals surface area contributed by atoms with Crippen LogP contribution in [-0.4, -0.2) is 55.8 Å². The lowest BCUT2D eigenvalue weighted by atomic mass is 9.97. The van der Waals surface area contributed by atoms with Gasteiger partial charge in [0, 0.05) is 38.4 Å². The van der Waals surface area contributed by atoms with Crippen LogP contribution in [0.5, 0.6) is 0 Å². The molecule has 1 amide bonds. The summed E-state index contributed by atoms with van der Waals surface area (Å²) in [5, 5.41) is 2.70. The number of amides is 1. The molecule has 0 radical (unpaired) electrons. The second-order valence-corrected chi connectivity index (χ2v) is 9.12. The summed E-state index contributed by atoms with van der Waals surface area (Å²) in [7, 11) is -1.94. The van der Waals surface area contributed by atoms with E-state index in [-0.39, 0.29) is 28.8 Å². The van der Waals surface area contributed by atoms with Gasteiger partial charge in [-0.1, -0.05) is 0 Å². The highest BCUT2D eigenvalue weighted by molar-refractivity contribution is 7.89. The molecule has 146 valence electrons. The summed E-state index contributed by atoms with van der Waals surface area (Å²) in [4.78, 5) is 18.5. The maximum atomic E-state index is 12.9. The van der Waals surface area contributed by atoms with Crippen LogP contribution in [0.4, 0.5) is 5.82 Å². The number of carbonyl (C=O) groups excluding carboxylic acids is 1. The molecular formula is C18H30N4O3S. The Bertz CT molecular complexity index is 708. The summed E-state index contributed by atoms with van der Waals surface area (Å²) in [6.45, 7) is 8.88. The maximum absolute atomic E-state index is 12.9. The van der Waals surface area contributed by atoms with Gasteiger partial charge in [-0.3, -0.25) is 4.79 Å². The molecule has 0 saturated carbocycles. The Morgan fingerprint density at radius 2 is 1.92 bits per heavy atom. The van der Waals surface area contributed by atoms with Crippen molar-refractivity contribution in [2.75, 3.05) is 25.0 Å². The van der Waals surface area contributed by atoms with Crippen LogP contribution in [0.1, 0.15) is 40.5 Å². The van der Waals surface area contributed by atoms with E-state index in [0.29, 0.717) is 12.4 Å². The standard InChI is InChI=1S/C18H30N4O3S/c1-13(2)22(14(3)4)26(24,25)16-8-9-17(20-11-16)21-10-6-7-15(12-21)18(23)19-5/h8-9,11,13-15H,6-7,10,12H2,1-5H3,(H,19,23). The molecule has 7 nitrogen and oxygen atoms in total. The zero-order valence-corrected chi connectivity index (χ0v) is 17.1. The van der Waals surface area contributed by atoms with Gasteiger partial charge in [0.25, 0.3) is 0 Å². The van der Waals surface area contributed by atoms with Crippen LogP contribution < -0.4 is 10.2 Å². The van der Waals surface area contributed by atoms with Crippen LogP contribution in [0.3, 0.4) is 0 Å². The summed E-state index contributed by atoms with van der Waals surface area (Å²) >= 11 is 0. The molecule has 1 aromatic rings. The zero-order chi connectivity index (χ0) is 19.5. The van der Waals surface area contributed by atoms with Crippen LogP contribution >= 0.6 is 0 Å². The molecule has 8 heteroatoms. The van der Waals surface area contributed by atoms with E-state index >= 15 is 0 Å². The van der Waals surface area contributed by atoms with Crippen molar-refractivity contribution in [3.05, 3.63) is 18.3 Å². The number of hydrogen-bond donors (Lipinski definition) is 1. The molecule has 1 N–H and O–H groups in total. The Hall–Kier alpha value is -1.67. The topological polar surface area (TPSA) is 82.6 Å². The Morgan fingerprint density at radius 1 is 1.27 bits per heavy atom. The molecule has 2 heterocycles. The van der Waals surface area contributed by atoms with E-state index in [1.165, 1.54) is 10.5 Å². The molecule has 0 aromatic carbocycles. The molecule has 1 atom stereocenters. The van der Waals surface area contributed by atoms with Crippen molar-refractivity contribution in [2.45, 2.75) is 57.5 Å². The number of piperidine rings is 1. The number of sulfonamides is 1. The quantitative estimate of drug-likeness (QED) is 0.812. The molecule has 26 heavy (non-hydrogen) atoms. The second kappa shape index (κ2) is 8.35. The summed E-state index contributed by atoms with van der Waals surface area (Å²) in [6.07, 6.45) is 3.20. The SMILES string of the molecule is CNC(=O)C1CCCN(c2ccc(S(=O)(=O)N(C(C)C)C(C)C)cn2)C1. The van der Waals surface area contributed by atoms with Gasteiger partial charge in [0.1, 0.15) is 10.7 Å². The number of aromatic nitrogens is 1. The van der Waals surface area contributed by atoms with Crippen molar-refractivity contribution >= 4 is 21.7 Å². The minimum Gasteiger partial charge on any atom is -0.359 e. The Kier molecular flexibility index (Phi) is 6.63. The molecule has 1 unspecified atom stereocenters. The third-order valence-corrected chi connectivity index (χ3v) is 6.91. The summed E-state index contributed by atoms with van der Waals surface area (Å²) in [6, 6.07) is 3.09. The number of pyridine rings is 1. The van der Waals surface area contributed by atoms with E-state index in [0.717, 1.165) is 19.4 Å². The molecule has 0 spiro atoms. The van der Waals surface area contributed by atoms with Crippen LogP contribution in [0.25, 0.3) is 0 Å². The van der Waals surface area contributed by atoms with Crippen molar-refractivity contribution in [1.29, 1.82) is 0 Å². The molecule has 2 rings (SSSR count). The second-order valence-electron chi connectivity index (χ2n) is 7.27. The highest BCUT2D eigenvalue weighted by Crippen LogP contribution is 2.25. The summed E-state index contributed by atoms with van der Waals surface area (Å²) in [5.74, 6) is 0.688. The molecule has 1 aliphatic rings. The molecule has 1 aliphatic heterocycles. The highest BCUT2D eigenvalue weighted by atomic mass is 32.2. The average Bonchev–Trinajstić information content (AvgIpc) is 2.60. The van der Waals surface area contributed by atoms with Crippen LogP contribution in [-0.2, 0) is 14.8 Å². The molecule has 0 aliphatic carbocycles. The highest BCUT2D eigenvalue weighted by Gasteiger charge is 2.30. The zero-order valence-electron chi connectivity index (χ0n) is 16.3. The molecule has 1 aromatic heterocycles. The number of hydrogen-bond acceptors (Lipinski definition) is 5. The van der Waals surface area contributed by atoms with Crippen molar-refractivity contribution in [3.8, 4) is 0 Å². The predicted octanol–water partition coefficient (Wildman–Crippen LogP) is 1.85. The van der Waals surface area contributed by atoms with Crippen molar-refractivity contribution in [1.82, 2.24) is 14.6 Å². The van der Waals surface area contributed by atoms with Crippen LogP contribution in [0.15, 0.2) is 23.2 Å². The summed E-state index contributed by atoms with van der Waals surface area (Å²) in [5.41, 5.74) is 0. The number of rotatable bonds is 6. The van der Waals surface area contributed by atoms with Crippen molar-refractivity contribution < 1.29 is 13.2 Å². The van der Waals surface area contributed by atoms with Gasteiger partial charge in [0.2, 0.25) is 15.9 Å². The van der Waals surface area contributed by atoms with Gasteiger partial charge in [-0.25, -0.2) is 13.4 Å². The number of anilines is 1. The Morgan fingerprint density at radius 3 is 2.42 bits per heavy atom. The van der Waals surface area contributed by atoms with E-state index in [4.69, 9.17) is 0 Å². The number of carbonyl (C=O) groups is 1. The minimum absolute atomic E-state index is 0.0402. The van der Waals surface area contributed by atoms with Crippen molar-refractivity contribution in [3.63, 3.8) is 0 Å². The van der Waals surface area contributed by atoms with Gasteiger partial charge < -0.3 is 10.2 Å². The van der Waals surface area contributed by atoms with E-state index < -0.39 is 10.0 Å². The lowest BCUT2D eigenvalue weighted by Gasteiger charge is -2.33. The van der Waals surface area contributed by atoms with Gasteiger partial charge in [-0.15, -0.1) is 0 Å². The fourth-order valence-corrected chi connectivity index (χ4v) is 5.37. The number of nitrogens with zero attached hydrogens (tertiary/aromatic N) is 3. The first-order valence-electron chi connectivity index (χ1n) is 9.14. The van der Waals surface area contributed by atoms with Gasteiger partial charge in [-0.2, -0.15) is 4.31 Å². The normalized spacial score (nSPS) is 18.6. The van der Waals surface area contributed by atoms with Gasteiger partial charge in [0.15, 0.2) is 0 Å². The lowest BCUT2D eigenvalue weighted by Crippen LogP contribution is -2.43. The first-order chi connectivity index (χ1) is 12.2. The van der Waals surface area contributed by atoms with E-state index in [1.54, 1.807) is 19.2 Å². The monoisotopic (exact) mass is 382 g/mol. The van der Waals surface area contributed by atoms with Gasteiger partial charge in [-0.05, 0) is 52.7 Å². The predicted molar refractivity (Wildman–Crippen MR) is 103 cm³/mol. The first-order valence-corrected chi connectivity index (χ1v) is 10.6. The van der Waals surface area contributed by atoms with E-state index in [2.05, 4.69) is 10.3 Å². The molecule has 0 bridgehead atoms. The van der Waals surface area contributed by atoms with Crippen LogP contribution in [0.2, 0.25) is 0 Å². The fourth-order valence-electron chi connectivity index (χ4n) is 3.59. The Labute approximate surface area is 156 Å². The molecular weight excluding hydrogens is 352 g/mol. The smallest absolute Gasteiger partial charge is 0.245 e. The van der Waals surface area contributed by atoms with Gasteiger partial charge in [0.05, 0.1) is 5.92 Å². The van der Waals surface area contributed by atoms with Gasteiger partial charge >= 0.3 is 0 Å². The lowest BCUT2D eigenvalue weighted by molar-refractivity contribution is -0.124. The third kappa shape index (κ3) is 4.35.